The van der Waals surface area contributed by atoms with Gasteiger partial charge in [-0.1, -0.05) is 48.5 Å². The van der Waals surface area contributed by atoms with E-state index in [2.05, 4.69) is 0 Å². The third-order valence-electron chi connectivity index (χ3n) is 7.90. The van der Waals surface area contributed by atoms with Gasteiger partial charge in [0.1, 0.15) is 33.6 Å². The fourth-order valence-corrected chi connectivity index (χ4v) is 5.46. The molecule has 0 aliphatic heterocycles. The van der Waals surface area contributed by atoms with Crippen LogP contribution in [-0.4, -0.2) is 30.1 Å². The molecule has 0 fully saturated rings. The van der Waals surface area contributed by atoms with Gasteiger partial charge in [0.25, 0.3) is 0 Å². The molecule has 0 amide bonds. The van der Waals surface area contributed by atoms with Crippen LogP contribution in [0.4, 0.5) is 0 Å². The second-order valence-corrected chi connectivity index (χ2v) is 11.9. The van der Waals surface area contributed by atoms with Crippen molar-refractivity contribution < 1.29 is 19.0 Å². The number of para-hydroxylation sites is 8. The highest BCUT2D eigenvalue weighted by Gasteiger charge is 2.03. The molecule has 260 valence electrons. The SMILES string of the molecule is CC#N.Cc1cc2cnc3ccccc3oc3ccccc3ncc3cc(C)cc(cnc4ccccc4oc4ccccc4ncc(c1)c2O)c3O. The lowest BCUT2D eigenvalue weighted by molar-refractivity contribution is 0.486. The van der Waals surface area contributed by atoms with Gasteiger partial charge in [0.05, 0.1) is 6.07 Å². The minimum Gasteiger partial charge on any atom is -0.507 e. The van der Waals surface area contributed by atoms with Crippen molar-refractivity contribution in [2.75, 3.05) is 0 Å². The number of benzene rings is 6. The average molecular weight is 698 g/mol. The quantitative estimate of drug-likeness (QED) is 0.158. The zero-order valence-electron chi connectivity index (χ0n) is 29.3. The normalized spacial score (nSPS) is 10.3. The van der Waals surface area contributed by atoms with Gasteiger partial charge in [-0.3, -0.25) is 19.9 Å². The Balaban J connectivity index is 0.00000155. The summed E-state index contributed by atoms with van der Waals surface area (Å²) in [5, 5.41) is 32.0. The summed E-state index contributed by atoms with van der Waals surface area (Å²) in [7, 11) is 0. The first-order valence-electron chi connectivity index (χ1n) is 16.7. The molecule has 7 aromatic rings. The molecule has 4 bridgehead atoms. The summed E-state index contributed by atoms with van der Waals surface area (Å²) < 4.78 is 12.7. The number of hydrogen-bond acceptors (Lipinski definition) is 9. The van der Waals surface area contributed by atoms with Crippen LogP contribution in [0.25, 0.3) is 65.9 Å². The van der Waals surface area contributed by atoms with E-state index in [4.69, 9.17) is 34.0 Å². The molecule has 9 heteroatoms. The highest BCUT2D eigenvalue weighted by atomic mass is 16.3. The van der Waals surface area contributed by atoms with Gasteiger partial charge in [0, 0.05) is 53.3 Å². The molecular weight excluding hydrogens is 663 g/mol. The number of phenols is 2. The fraction of sp³-hybridized carbons (Fsp3) is 0.0682. The lowest BCUT2D eigenvalue weighted by Gasteiger charge is -2.01. The molecule has 6 aromatic carbocycles. The van der Waals surface area contributed by atoms with E-state index in [-0.39, 0.29) is 11.5 Å². The van der Waals surface area contributed by atoms with E-state index >= 15 is 0 Å². The number of aromatic nitrogens is 4. The van der Waals surface area contributed by atoms with Crippen LogP contribution in [0, 0.1) is 25.2 Å². The van der Waals surface area contributed by atoms with Gasteiger partial charge >= 0.3 is 0 Å². The Bertz CT molecular complexity index is 2470. The first-order valence-corrected chi connectivity index (χ1v) is 16.7. The molecule has 0 saturated heterocycles. The van der Waals surface area contributed by atoms with Gasteiger partial charge in [0.2, 0.25) is 0 Å². The van der Waals surface area contributed by atoms with E-state index < -0.39 is 0 Å². The van der Waals surface area contributed by atoms with Gasteiger partial charge in [-0.25, -0.2) is 0 Å². The summed E-state index contributed by atoms with van der Waals surface area (Å²) in [6.45, 7) is 5.33. The van der Waals surface area contributed by atoms with E-state index in [0.717, 1.165) is 11.1 Å². The highest BCUT2D eigenvalue weighted by Crippen LogP contribution is 2.27. The topological polar surface area (TPSA) is 142 Å². The smallest absolute Gasteiger partial charge is 0.153 e. The van der Waals surface area contributed by atoms with Gasteiger partial charge in [0.15, 0.2) is 22.3 Å². The molecule has 0 spiro atoms. The van der Waals surface area contributed by atoms with Gasteiger partial charge in [-0.2, -0.15) is 5.26 Å². The molecule has 0 unspecified atom stereocenters. The molecule has 0 aliphatic carbocycles. The van der Waals surface area contributed by atoms with E-state index in [1.165, 1.54) is 6.92 Å². The Morgan fingerprint density at radius 3 is 0.925 bits per heavy atom. The van der Waals surface area contributed by atoms with Crippen molar-refractivity contribution in [3.63, 3.8) is 0 Å². The van der Waals surface area contributed by atoms with Crippen molar-refractivity contribution in [3.8, 4) is 17.6 Å². The number of rotatable bonds is 0. The molecule has 0 atom stereocenters. The molecule has 0 radical (unpaired) electrons. The summed E-state index contributed by atoms with van der Waals surface area (Å²) >= 11 is 0. The predicted octanol–water partition coefficient (Wildman–Crippen LogP) is 11.0. The number of nitrogens with zero attached hydrogens (tertiary/aromatic N) is 5. The molecule has 2 N–H and O–H groups in total. The predicted molar refractivity (Wildman–Crippen MR) is 211 cm³/mol. The molecule has 0 aliphatic rings. The van der Waals surface area contributed by atoms with Crippen LogP contribution in [0.1, 0.15) is 18.1 Å². The van der Waals surface area contributed by atoms with E-state index in [1.807, 2.05) is 135 Å². The first-order chi connectivity index (χ1) is 25.8. The number of aromatic hydroxyl groups is 2. The minimum absolute atomic E-state index is 0.0374. The maximum atomic E-state index is 11.3. The largest absolute Gasteiger partial charge is 0.507 e. The van der Waals surface area contributed by atoms with Crippen molar-refractivity contribution in [3.05, 3.63) is 157 Å². The van der Waals surface area contributed by atoms with Crippen molar-refractivity contribution in [2.24, 2.45) is 0 Å². The average Bonchev–Trinajstić information content (AvgIpc) is 3.16. The van der Waals surface area contributed by atoms with Crippen molar-refractivity contribution in [2.45, 2.75) is 20.8 Å². The molecular formula is C44H35N5O4. The van der Waals surface area contributed by atoms with Crippen molar-refractivity contribution in [1.82, 2.24) is 19.9 Å². The van der Waals surface area contributed by atoms with Gasteiger partial charge in [-0.05, 0) is 97.8 Å². The monoisotopic (exact) mass is 697 g/mol. The molecule has 1 heterocycles. The summed E-state index contributed by atoms with van der Waals surface area (Å²) in [6.07, 6.45) is 6.43. The maximum absolute atomic E-state index is 11.3. The van der Waals surface area contributed by atoms with Crippen LogP contribution in [0.5, 0.6) is 11.5 Å². The Labute approximate surface area is 305 Å². The van der Waals surface area contributed by atoms with Gasteiger partial charge < -0.3 is 19.0 Å². The number of aryl methyl sites for hydroxylation is 2. The molecule has 9 nitrogen and oxygen atoms in total. The van der Waals surface area contributed by atoms with Crippen LogP contribution in [0.15, 0.2) is 155 Å². The molecule has 0 saturated carbocycles. The summed E-state index contributed by atoms with van der Waals surface area (Å²) in [5.74, 6) is 0.0748. The zero-order valence-corrected chi connectivity index (χ0v) is 29.3. The Morgan fingerprint density at radius 1 is 0.453 bits per heavy atom. The number of hydrogen-bond donors (Lipinski definition) is 2. The standard InChI is InChI=1S/C42H32N4O4.C2H3N/c1-27-19-29-23-43-33-11-3-7-15-37(33)49-39-17-9-5-13-35(39)45-25-31-21-28(2)22-32(42(31)48)26-46-36-14-6-10-18-40(36)50-38-16-8-4-12-34(38)44-24-30(20-27)41(29)47;1-2-3/h3-26,47-48H,1-2H3;1H3. The van der Waals surface area contributed by atoms with Crippen molar-refractivity contribution >= 4 is 65.9 Å². The van der Waals surface area contributed by atoms with Crippen LogP contribution in [0.2, 0.25) is 0 Å². The van der Waals surface area contributed by atoms with Crippen LogP contribution in [0.3, 0.4) is 0 Å². The van der Waals surface area contributed by atoms with E-state index in [1.54, 1.807) is 30.9 Å². The molecule has 7 rings (SSSR count). The molecule has 53 heavy (non-hydrogen) atoms. The third kappa shape index (κ3) is 8.71. The van der Waals surface area contributed by atoms with Crippen molar-refractivity contribution in [1.29, 1.82) is 5.26 Å². The Kier molecular flexibility index (Phi) is 11.1. The highest BCUT2D eigenvalue weighted by molar-refractivity contribution is 5.83. The van der Waals surface area contributed by atoms with E-state index in [9.17, 15) is 10.2 Å². The number of phenolic OH excluding ortho intramolecular Hbond substituents is 2. The first kappa shape index (κ1) is 35.5. The second-order valence-electron chi connectivity index (χ2n) is 11.9. The zero-order chi connectivity index (χ0) is 37.2. The summed E-state index contributed by atoms with van der Waals surface area (Å²) in [5.41, 5.74) is 6.09. The van der Waals surface area contributed by atoms with Crippen LogP contribution < -0.4 is 0 Å². The lowest BCUT2D eigenvalue weighted by atomic mass is 10.1. The Morgan fingerprint density at radius 2 is 0.679 bits per heavy atom. The minimum atomic E-state index is 0.0374. The number of fused-ring (bicyclic) bond motifs is 8. The third-order valence-corrected chi connectivity index (χ3v) is 7.90. The summed E-state index contributed by atoms with van der Waals surface area (Å²) in [6, 6.07) is 38.7. The maximum Gasteiger partial charge on any atom is 0.153 e. The second kappa shape index (κ2) is 16.6. The summed E-state index contributed by atoms with van der Waals surface area (Å²) in [4.78, 5) is 18.8. The van der Waals surface area contributed by atoms with E-state index in [0.29, 0.717) is 65.9 Å². The number of nitriles is 1. The fourth-order valence-electron chi connectivity index (χ4n) is 5.46. The van der Waals surface area contributed by atoms with Gasteiger partial charge in [-0.15, -0.1) is 0 Å². The molecule has 1 aromatic heterocycles. The lowest BCUT2D eigenvalue weighted by Crippen LogP contribution is -1.80. The Hall–Kier alpha value is -7.31. The van der Waals surface area contributed by atoms with Crippen LogP contribution in [-0.2, 0) is 0 Å². The van der Waals surface area contributed by atoms with Crippen LogP contribution >= 0.6 is 0 Å².